The summed E-state index contributed by atoms with van der Waals surface area (Å²) in [4.78, 5) is 11.7. The molecule has 0 bridgehead atoms. The molecular formula is C15H13BrClNO4S. The van der Waals surface area contributed by atoms with Crippen LogP contribution in [0.15, 0.2) is 51.8 Å². The van der Waals surface area contributed by atoms with E-state index in [4.69, 9.17) is 11.6 Å². The first-order chi connectivity index (χ1) is 10.8. The number of carbonyl (C=O) groups is 1. The number of anilines is 1. The largest absolute Gasteiger partial charge is 0.465 e. The van der Waals surface area contributed by atoms with Gasteiger partial charge in [-0.1, -0.05) is 27.5 Å². The van der Waals surface area contributed by atoms with Gasteiger partial charge >= 0.3 is 5.97 Å². The Hall–Kier alpha value is -1.57. The van der Waals surface area contributed by atoms with E-state index < -0.39 is 16.0 Å². The van der Waals surface area contributed by atoms with E-state index in [0.717, 1.165) is 8.78 Å². The monoisotopic (exact) mass is 417 g/mol. The fraction of sp³-hybridized carbons (Fsp3) is 0.133. The third-order valence-corrected chi connectivity index (χ3v) is 5.81. The molecule has 0 saturated heterocycles. The van der Waals surface area contributed by atoms with Crippen molar-refractivity contribution in [3.63, 3.8) is 0 Å². The zero-order valence-electron chi connectivity index (χ0n) is 12.3. The van der Waals surface area contributed by atoms with Gasteiger partial charge in [-0.25, -0.2) is 13.2 Å². The van der Waals surface area contributed by atoms with Crippen LogP contribution in [0.3, 0.4) is 0 Å². The van der Waals surface area contributed by atoms with E-state index in [1.807, 2.05) is 0 Å². The number of esters is 1. The number of ether oxygens (including phenoxy) is 1. The third kappa shape index (κ3) is 3.68. The minimum atomic E-state index is -3.80. The molecule has 0 saturated carbocycles. The maximum Gasteiger partial charge on any atom is 0.337 e. The van der Waals surface area contributed by atoms with Crippen LogP contribution in [0.2, 0.25) is 5.02 Å². The predicted molar refractivity (Wildman–Crippen MR) is 92.5 cm³/mol. The third-order valence-electron chi connectivity index (χ3n) is 3.18. The number of benzene rings is 2. The van der Waals surface area contributed by atoms with Crippen molar-refractivity contribution >= 4 is 49.2 Å². The number of methoxy groups -OCH3 is 1. The van der Waals surface area contributed by atoms with Crippen LogP contribution in [-0.4, -0.2) is 28.5 Å². The lowest BCUT2D eigenvalue weighted by atomic mass is 10.2. The highest BCUT2D eigenvalue weighted by atomic mass is 79.9. The van der Waals surface area contributed by atoms with E-state index in [0.29, 0.717) is 0 Å². The summed E-state index contributed by atoms with van der Waals surface area (Å²) in [5.74, 6) is -0.572. The van der Waals surface area contributed by atoms with Crippen LogP contribution in [0.5, 0.6) is 0 Å². The molecule has 0 unspecified atom stereocenters. The average molecular weight is 419 g/mol. The molecule has 0 atom stereocenters. The van der Waals surface area contributed by atoms with Crippen LogP contribution in [0, 0.1) is 0 Å². The molecule has 0 N–H and O–H groups in total. The van der Waals surface area contributed by atoms with E-state index in [9.17, 15) is 13.2 Å². The summed E-state index contributed by atoms with van der Waals surface area (Å²) in [6, 6.07) is 10.5. The topological polar surface area (TPSA) is 63.7 Å². The molecule has 0 aliphatic heterocycles. The Morgan fingerprint density at radius 2 is 1.78 bits per heavy atom. The molecule has 2 aromatic carbocycles. The molecule has 0 aliphatic carbocycles. The van der Waals surface area contributed by atoms with Gasteiger partial charge in [-0.2, -0.15) is 0 Å². The molecule has 0 aromatic heterocycles. The quantitative estimate of drug-likeness (QED) is 0.710. The van der Waals surface area contributed by atoms with Gasteiger partial charge < -0.3 is 4.74 Å². The lowest BCUT2D eigenvalue weighted by molar-refractivity contribution is 0.0601. The molecule has 0 spiro atoms. The van der Waals surface area contributed by atoms with Gasteiger partial charge in [0.05, 0.1) is 28.3 Å². The Morgan fingerprint density at radius 3 is 2.35 bits per heavy atom. The average Bonchev–Trinajstić information content (AvgIpc) is 2.54. The molecule has 122 valence electrons. The molecular weight excluding hydrogens is 406 g/mol. The Kier molecular flexibility index (Phi) is 5.33. The number of sulfonamides is 1. The summed E-state index contributed by atoms with van der Waals surface area (Å²) in [7, 11) is -1.18. The van der Waals surface area contributed by atoms with Crippen molar-refractivity contribution in [2.75, 3.05) is 18.5 Å². The smallest absolute Gasteiger partial charge is 0.337 e. The number of hydrogen-bond donors (Lipinski definition) is 0. The van der Waals surface area contributed by atoms with Crippen molar-refractivity contribution in [1.29, 1.82) is 0 Å². The first kappa shape index (κ1) is 17.8. The zero-order chi connectivity index (χ0) is 17.2. The number of rotatable bonds is 4. The van der Waals surface area contributed by atoms with E-state index in [2.05, 4.69) is 20.7 Å². The molecule has 5 nitrogen and oxygen atoms in total. The van der Waals surface area contributed by atoms with Gasteiger partial charge in [0.15, 0.2) is 0 Å². The summed E-state index contributed by atoms with van der Waals surface area (Å²) in [5.41, 5.74) is 0.405. The normalized spacial score (nSPS) is 11.1. The Labute approximate surface area is 148 Å². The van der Waals surface area contributed by atoms with Gasteiger partial charge in [-0.15, -0.1) is 0 Å². The van der Waals surface area contributed by atoms with Crippen LogP contribution >= 0.6 is 27.5 Å². The first-order valence-corrected chi connectivity index (χ1v) is 9.01. The van der Waals surface area contributed by atoms with Gasteiger partial charge in [0.25, 0.3) is 10.0 Å². The van der Waals surface area contributed by atoms with Crippen LogP contribution in [0.25, 0.3) is 0 Å². The first-order valence-electron chi connectivity index (χ1n) is 6.39. The summed E-state index contributed by atoms with van der Waals surface area (Å²) in [6.07, 6.45) is 0. The van der Waals surface area contributed by atoms with Crippen molar-refractivity contribution in [3.8, 4) is 0 Å². The van der Waals surface area contributed by atoms with E-state index in [-0.39, 0.29) is 21.2 Å². The SMILES string of the molecule is COC(=O)c1ccc(Cl)c(N(C)S(=O)(=O)c2ccc(Br)cc2)c1. The lowest BCUT2D eigenvalue weighted by Crippen LogP contribution is -2.27. The standard InChI is InChI=1S/C15H13BrClNO4S/c1-18(23(20,21)12-6-4-11(16)5-7-12)14-9-10(15(19)22-2)3-8-13(14)17/h3-9H,1-2H3. The Balaban J connectivity index is 2.48. The highest BCUT2D eigenvalue weighted by molar-refractivity contribution is 9.10. The van der Waals surface area contributed by atoms with Crippen molar-refractivity contribution < 1.29 is 17.9 Å². The van der Waals surface area contributed by atoms with Crippen LogP contribution in [0.4, 0.5) is 5.69 Å². The minimum Gasteiger partial charge on any atom is -0.465 e. The van der Waals surface area contributed by atoms with E-state index in [1.54, 1.807) is 12.1 Å². The van der Waals surface area contributed by atoms with Gasteiger partial charge in [-0.05, 0) is 42.5 Å². The van der Waals surface area contributed by atoms with Gasteiger partial charge in [0, 0.05) is 11.5 Å². The number of carbonyl (C=O) groups excluding carboxylic acids is 1. The van der Waals surface area contributed by atoms with Crippen LogP contribution in [-0.2, 0) is 14.8 Å². The summed E-state index contributed by atoms with van der Waals surface area (Å²) in [6.45, 7) is 0. The number of halogens is 2. The van der Waals surface area contributed by atoms with Gasteiger partial charge in [0.1, 0.15) is 0 Å². The second kappa shape index (κ2) is 6.90. The molecule has 23 heavy (non-hydrogen) atoms. The van der Waals surface area contributed by atoms with Crippen molar-refractivity contribution in [2.24, 2.45) is 0 Å². The summed E-state index contributed by atoms with van der Waals surface area (Å²) in [5, 5.41) is 0.209. The van der Waals surface area contributed by atoms with Crippen molar-refractivity contribution in [1.82, 2.24) is 0 Å². The number of nitrogens with zero attached hydrogens (tertiary/aromatic N) is 1. The highest BCUT2D eigenvalue weighted by Gasteiger charge is 2.24. The molecule has 0 fully saturated rings. The predicted octanol–water partition coefficient (Wildman–Crippen LogP) is 3.71. The van der Waals surface area contributed by atoms with E-state index >= 15 is 0 Å². The fourth-order valence-electron chi connectivity index (χ4n) is 1.89. The van der Waals surface area contributed by atoms with E-state index in [1.165, 1.54) is 44.5 Å². The molecule has 2 rings (SSSR count). The summed E-state index contributed by atoms with van der Waals surface area (Å²) >= 11 is 9.35. The molecule has 2 aromatic rings. The Morgan fingerprint density at radius 1 is 1.17 bits per heavy atom. The van der Waals surface area contributed by atoms with Gasteiger partial charge in [0.2, 0.25) is 0 Å². The van der Waals surface area contributed by atoms with Crippen molar-refractivity contribution in [3.05, 3.63) is 57.5 Å². The Bertz CT molecular complexity index is 837. The molecule has 0 amide bonds. The number of hydrogen-bond acceptors (Lipinski definition) is 4. The van der Waals surface area contributed by atoms with Crippen molar-refractivity contribution in [2.45, 2.75) is 4.90 Å². The molecule has 0 aliphatic rings. The second-order valence-corrected chi connectivity index (χ2v) is 7.88. The summed E-state index contributed by atoms with van der Waals surface area (Å²) < 4.78 is 31.8. The lowest BCUT2D eigenvalue weighted by Gasteiger charge is -2.21. The maximum atomic E-state index is 12.7. The second-order valence-electron chi connectivity index (χ2n) is 4.58. The molecule has 0 heterocycles. The van der Waals surface area contributed by atoms with Crippen LogP contribution in [0.1, 0.15) is 10.4 Å². The molecule has 0 radical (unpaired) electrons. The zero-order valence-corrected chi connectivity index (χ0v) is 15.4. The van der Waals surface area contributed by atoms with Crippen LogP contribution < -0.4 is 4.31 Å². The van der Waals surface area contributed by atoms with Gasteiger partial charge in [-0.3, -0.25) is 4.31 Å². The molecule has 8 heteroatoms. The highest BCUT2D eigenvalue weighted by Crippen LogP contribution is 2.30. The fourth-order valence-corrected chi connectivity index (χ4v) is 3.66. The minimum absolute atomic E-state index is 0.114. The maximum absolute atomic E-state index is 12.7.